The summed E-state index contributed by atoms with van der Waals surface area (Å²) in [5.41, 5.74) is 0.0870. The fourth-order valence-electron chi connectivity index (χ4n) is 4.26. The van der Waals surface area contributed by atoms with Gasteiger partial charge in [0.1, 0.15) is 11.6 Å². The molecule has 2 aliphatic heterocycles. The number of hydrogen-bond donors (Lipinski definition) is 0. The van der Waals surface area contributed by atoms with Crippen molar-refractivity contribution >= 4 is 5.82 Å². The van der Waals surface area contributed by atoms with Crippen molar-refractivity contribution in [3.63, 3.8) is 0 Å². The maximum atomic E-state index is 13.4. The highest BCUT2D eigenvalue weighted by Gasteiger charge is 2.41. The van der Waals surface area contributed by atoms with Crippen molar-refractivity contribution in [1.29, 1.82) is 0 Å². The first-order chi connectivity index (χ1) is 12.9. The van der Waals surface area contributed by atoms with Gasteiger partial charge < -0.3 is 4.90 Å². The molecular weight excluding hydrogens is 360 g/mol. The molecule has 2 aliphatic rings. The Labute approximate surface area is 154 Å². The van der Waals surface area contributed by atoms with Crippen molar-refractivity contribution in [2.75, 3.05) is 24.5 Å². The highest BCUT2D eigenvalue weighted by molar-refractivity contribution is 5.49. The molecule has 0 aromatic carbocycles. The van der Waals surface area contributed by atoms with Gasteiger partial charge in [0.15, 0.2) is 0 Å². The minimum Gasteiger partial charge on any atom is -0.355 e. The van der Waals surface area contributed by atoms with E-state index in [9.17, 15) is 17.6 Å². The van der Waals surface area contributed by atoms with Crippen LogP contribution in [-0.4, -0.2) is 40.5 Å². The van der Waals surface area contributed by atoms with Crippen LogP contribution < -0.4 is 4.90 Å². The van der Waals surface area contributed by atoms with Crippen LogP contribution in [0.4, 0.5) is 23.4 Å². The molecule has 2 fully saturated rings. The largest absolute Gasteiger partial charge is 0.419 e. The molecule has 0 amide bonds. The molecule has 2 aromatic heterocycles. The van der Waals surface area contributed by atoms with Crippen LogP contribution in [0.15, 0.2) is 36.8 Å². The second-order valence-corrected chi connectivity index (χ2v) is 7.21. The van der Waals surface area contributed by atoms with Gasteiger partial charge in [-0.25, -0.2) is 9.37 Å². The first-order valence-electron chi connectivity index (χ1n) is 9.02. The predicted molar refractivity (Wildman–Crippen MR) is 92.6 cm³/mol. The van der Waals surface area contributed by atoms with E-state index in [4.69, 9.17) is 0 Å². The molecule has 4 nitrogen and oxygen atoms in total. The molecule has 0 radical (unpaired) electrons. The number of hydrogen-bond acceptors (Lipinski definition) is 4. The average Bonchev–Trinajstić information content (AvgIpc) is 3.03. The lowest BCUT2D eigenvalue weighted by atomic mass is 9.92. The van der Waals surface area contributed by atoms with Crippen molar-refractivity contribution in [3.8, 4) is 0 Å². The van der Waals surface area contributed by atoms with Gasteiger partial charge in [0.05, 0.1) is 11.8 Å². The molecule has 0 saturated carbocycles. The zero-order chi connectivity index (χ0) is 19.0. The number of alkyl halides is 3. The van der Waals surface area contributed by atoms with E-state index >= 15 is 0 Å². The summed E-state index contributed by atoms with van der Waals surface area (Å²) >= 11 is 0. The van der Waals surface area contributed by atoms with E-state index in [2.05, 4.69) is 14.9 Å². The van der Waals surface area contributed by atoms with E-state index in [0.29, 0.717) is 25.6 Å². The third kappa shape index (κ3) is 3.76. The third-order valence-corrected chi connectivity index (χ3v) is 5.52. The standard InChI is InChI=1S/C19H20F4N4/c20-15-8-13(9-24-10-15)11-26-6-3-14-4-7-27(12-17(14)26)18-16(19(21,22)23)2-1-5-25-18/h1-2,5,8-10,14,17H,3-4,6-7,11-12H2. The van der Waals surface area contributed by atoms with Crippen molar-refractivity contribution in [2.24, 2.45) is 5.92 Å². The zero-order valence-electron chi connectivity index (χ0n) is 14.7. The van der Waals surface area contributed by atoms with Gasteiger partial charge in [0, 0.05) is 38.1 Å². The van der Waals surface area contributed by atoms with Crippen LogP contribution in [0.5, 0.6) is 0 Å². The van der Waals surface area contributed by atoms with Crippen LogP contribution in [0.1, 0.15) is 24.0 Å². The Bertz CT molecular complexity index is 810. The molecule has 2 saturated heterocycles. The summed E-state index contributed by atoms with van der Waals surface area (Å²) in [6.45, 7) is 2.46. The van der Waals surface area contributed by atoms with Gasteiger partial charge in [-0.2, -0.15) is 13.2 Å². The molecule has 0 aliphatic carbocycles. The summed E-state index contributed by atoms with van der Waals surface area (Å²) in [6, 6.07) is 3.99. The molecule has 0 bridgehead atoms. The minimum absolute atomic E-state index is 0.00252. The number of aromatic nitrogens is 2. The van der Waals surface area contributed by atoms with Gasteiger partial charge in [0.25, 0.3) is 0 Å². The van der Waals surface area contributed by atoms with E-state index in [0.717, 1.165) is 31.0 Å². The lowest BCUT2D eigenvalue weighted by Gasteiger charge is -2.39. The number of fused-ring (bicyclic) bond motifs is 1. The first-order valence-corrected chi connectivity index (χ1v) is 9.02. The molecule has 2 aromatic rings. The fourth-order valence-corrected chi connectivity index (χ4v) is 4.26. The Hall–Kier alpha value is -2.22. The van der Waals surface area contributed by atoms with E-state index in [-0.39, 0.29) is 17.7 Å². The van der Waals surface area contributed by atoms with Gasteiger partial charge in [0.2, 0.25) is 0 Å². The van der Waals surface area contributed by atoms with Crippen LogP contribution in [0.3, 0.4) is 0 Å². The maximum Gasteiger partial charge on any atom is 0.419 e. The Morgan fingerprint density at radius 2 is 1.96 bits per heavy atom. The van der Waals surface area contributed by atoms with Crippen molar-refractivity contribution in [3.05, 3.63) is 53.7 Å². The molecule has 2 atom stereocenters. The smallest absolute Gasteiger partial charge is 0.355 e. The lowest BCUT2D eigenvalue weighted by molar-refractivity contribution is -0.137. The zero-order valence-corrected chi connectivity index (χ0v) is 14.7. The van der Waals surface area contributed by atoms with Crippen molar-refractivity contribution in [1.82, 2.24) is 14.9 Å². The highest BCUT2D eigenvalue weighted by atomic mass is 19.4. The van der Waals surface area contributed by atoms with Crippen LogP contribution in [0.25, 0.3) is 0 Å². The van der Waals surface area contributed by atoms with Gasteiger partial charge in [-0.05, 0) is 49.1 Å². The van der Waals surface area contributed by atoms with Crippen molar-refractivity contribution in [2.45, 2.75) is 31.6 Å². The van der Waals surface area contributed by atoms with Crippen LogP contribution in [0.2, 0.25) is 0 Å². The predicted octanol–water partition coefficient (Wildman–Crippen LogP) is 3.74. The molecule has 8 heteroatoms. The summed E-state index contributed by atoms with van der Waals surface area (Å²) < 4.78 is 53.5. The second kappa shape index (κ2) is 7.07. The summed E-state index contributed by atoms with van der Waals surface area (Å²) in [7, 11) is 0. The summed E-state index contributed by atoms with van der Waals surface area (Å²) in [5.74, 6) is 0.0698. The molecule has 0 N–H and O–H groups in total. The Morgan fingerprint density at radius 3 is 2.74 bits per heavy atom. The summed E-state index contributed by atoms with van der Waals surface area (Å²) in [6.07, 6.45) is 1.62. The Morgan fingerprint density at radius 1 is 1.15 bits per heavy atom. The summed E-state index contributed by atoms with van der Waals surface area (Å²) in [5, 5.41) is 0. The normalized spacial score (nSPS) is 23.5. The fraction of sp³-hybridized carbons (Fsp3) is 0.474. The molecule has 4 rings (SSSR count). The molecule has 144 valence electrons. The third-order valence-electron chi connectivity index (χ3n) is 5.52. The quantitative estimate of drug-likeness (QED) is 0.760. The number of nitrogens with zero attached hydrogens (tertiary/aromatic N) is 4. The second-order valence-electron chi connectivity index (χ2n) is 7.21. The van der Waals surface area contributed by atoms with Crippen LogP contribution >= 0.6 is 0 Å². The first kappa shape index (κ1) is 18.2. The topological polar surface area (TPSA) is 32.3 Å². The molecular formula is C19H20F4N4. The van der Waals surface area contributed by atoms with Crippen LogP contribution in [-0.2, 0) is 12.7 Å². The number of piperidine rings is 1. The highest BCUT2D eigenvalue weighted by Crippen LogP contribution is 2.39. The number of rotatable bonds is 3. The number of anilines is 1. The molecule has 4 heterocycles. The van der Waals surface area contributed by atoms with Crippen LogP contribution in [0, 0.1) is 11.7 Å². The monoisotopic (exact) mass is 380 g/mol. The SMILES string of the molecule is Fc1cncc(CN2CCC3CCN(c4ncccc4C(F)(F)F)CC32)c1. The Balaban J connectivity index is 1.54. The Kier molecular flexibility index (Phi) is 4.75. The minimum atomic E-state index is -4.43. The van der Waals surface area contributed by atoms with Crippen molar-refractivity contribution < 1.29 is 17.6 Å². The number of pyridine rings is 2. The van der Waals surface area contributed by atoms with E-state index in [1.807, 2.05) is 0 Å². The van der Waals surface area contributed by atoms with E-state index < -0.39 is 11.7 Å². The number of likely N-dealkylation sites (tertiary alicyclic amines) is 1. The van der Waals surface area contributed by atoms with Gasteiger partial charge >= 0.3 is 6.18 Å². The maximum absolute atomic E-state index is 13.4. The lowest BCUT2D eigenvalue weighted by Crippen LogP contribution is -2.48. The summed E-state index contributed by atoms with van der Waals surface area (Å²) in [4.78, 5) is 11.9. The molecule has 2 unspecified atom stereocenters. The average molecular weight is 380 g/mol. The van der Waals surface area contributed by atoms with E-state index in [1.165, 1.54) is 24.5 Å². The van der Waals surface area contributed by atoms with E-state index in [1.54, 1.807) is 11.1 Å². The molecule has 0 spiro atoms. The number of halogens is 4. The van der Waals surface area contributed by atoms with Gasteiger partial charge in [-0.15, -0.1) is 0 Å². The molecule has 27 heavy (non-hydrogen) atoms. The van der Waals surface area contributed by atoms with Gasteiger partial charge in [-0.1, -0.05) is 0 Å². The van der Waals surface area contributed by atoms with Gasteiger partial charge in [-0.3, -0.25) is 9.88 Å².